The summed E-state index contributed by atoms with van der Waals surface area (Å²) in [5.74, 6) is -0.0726. The molecule has 2 N–H and O–H groups in total. The summed E-state index contributed by atoms with van der Waals surface area (Å²) in [6, 6.07) is -0.236. The number of alkyl carbamates (subject to hydrolysis) is 1. The number of hydrogen-bond donors (Lipinski definition) is 2. The van der Waals surface area contributed by atoms with Crippen LogP contribution in [0.3, 0.4) is 0 Å². The van der Waals surface area contributed by atoms with Crippen LogP contribution in [0.2, 0.25) is 0 Å². The molecule has 0 aliphatic heterocycles. The lowest BCUT2D eigenvalue weighted by Crippen LogP contribution is -2.35. The van der Waals surface area contributed by atoms with Gasteiger partial charge in [-0.3, -0.25) is 4.79 Å². The molecule has 0 aliphatic carbocycles. The highest BCUT2D eigenvalue weighted by Gasteiger charge is 2.19. The Bertz CT molecular complexity index is 491. The Morgan fingerprint density at radius 2 is 2.10 bits per heavy atom. The standard InChI is InChI=1S/C14H24N4O3/c1-10(17-13(20)21-14(3,4)5)12-8-15-9-18(12)7-6-16-11(2)19/h8-10H,6-7H2,1-5H3,(H,16,19)(H,17,20). The number of imidazole rings is 1. The third-order valence-corrected chi connectivity index (χ3v) is 2.65. The smallest absolute Gasteiger partial charge is 0.408 e. The van der Waals surface area contributed by atoms with Crippen molar-refractivity contribution >= 4 is 12.0 Å². The third-order valence-electron chi connectivity index (χ3n) is 2.65. The van der Waals surface area contributed by atoms with Gasteiger partial charge >= 0.3 is 6.09 Å². The second-order valence-corrected chi connectivity index (χ2v) is 5.86. The van der Waals surface area contributed by atoms with Crippen LogP contribution in [0.15, 0.2) is 12.5 Å². The largest absolute Gasteiger partial charge is 0.444 e. The molecular formula is C14H24N4O3. The van der Waals surface area contributed by atoms with Gasteiger partial charge in [0.1, 0.15) is 5.60 Å². The van der Waals surface area contributed by atoms with Gasteiger partial charge in [0.25, 0.3) is 0 Å². The fourth-order valence-corrected chi connectivity index (χ4v) is 1.79. The van der Waals surface area contributed by atoms with E-state index in [0.717, 1.165) is 5.69 Å². The minimum Gasteiger partial charge on any atom is -0.444 e. The van der Waals surface area contributed by atoms with Crippen LogP contribution in [0.1, 0.15) is 46.4 Å². The van der Waals surface area contributed by atoms with Crippen molar-refractivity contribution in [1.29, 1.82) is 0 Å². The first-order chi connectivity index (χ1) is 9.69. The van der Waals surface area contributed by atoms with Crippen molar-refractivity contribution in [3.63, 3.8) is 0 Å². The highest BCUT2D eigenvalue weighted by atomic mass is 16.6. The molecule has 1 atom stereocenters. The Labute approximate surface area is 125 Å². The summed E-state index contributed by atoms with van der Waals surface area (Å²) in [6.07, 6.45) is 2.89. The maximum absolute atomic E-state index is 11.8. The number of aromatic nitrogens is 2. The van der Waals surface area contributed by atoms with Crippen molar-refractivity contribution in [2.45, 2.75) is 52.8 Å². The highest BCUT2D eigenvalue weighted by molar-refractivity contribution is 5.72. The van der Waals surface area contributed by atoms with Gasteiger partial charge in [-0.1, -0.05) is 0 Å². The Morgan fingerprint density at radius 3 is 2.67 bits per heavy atom. The monoisotopic (exact) mass is 296 g/mol. The minimum atomic E-state index is -0.532. The number of ether oxygens (including phenoxy) is 1. The zero-order valence-corrected chi connectivity index (χ0v) is 13.3. The predicted molar refractivity (Wildman–Crippen MR) is 78.7 cm³/mol. The van der Waals surface area contributed by atoms with Crippen LogP contribution in [0.5, 0.6) is 0 Å². The lowest BCUT2D eigenvalue weighted by atomic mass is 10.2. The first-order valence-corrected chi connectivity index (χ1v) is 6.93. The molecule has 7 nitrogen and oxygen atoms in total. The summed E-state index contributed by atoms with van der Waals surface area (Å²) in [7, 11) is 0. The molecule has 2 amide bonds. The third kappa shape index (κ3) is 6.29. The molecule has 0 radical (unpaired) electrons. The van der Waals surface area contributed by atoms with Crippen LogP contribution in [0.25, 0.3) is 0 Å². The van der Waals surface area contributed by atoms with E-state index < -0.39 is 11.7 Å². The molecule has 7 heteroatoms. The molecule has 0 saturated heterocycles. The van der Waals surface area contributed by atoms with Gasteiger partial charge in [0, 0.05) is 20.0 Å². The van der Waals surface area contributed by atoms with Gasteiger partial charge < -0.3 is 19.9 Å². The zero-order valence-electron chi connectivity index (χ0n) is 13.3. The molecule has 0 aliphatic rings. The van der Waals surface area contributed by atoms with Crippen molar-refractivity contribution in [2.24, 2.45) is 0 Å². The molecule has 1 aromatic heterocycles. The number of carbonyl (C=O) groups excluding carboxylic acids is 2. The van der Waals surface area contributed by atoms with Gasteiger partial charge in [0.05, 0.1) is 24.3 Å². The minimum absolute atomic E-state index is 0.0726. The zero-order chi connectivity index (χ0) is 16.0. The lowest BCUT2D eigenvalue weighted by Gasteiger charge is -2.22. The topological polar surface area (TPSA) is 85.3 Å². The molecular weight excluding hydrogens is 272 g/mol. The fourth-order valence-electron chi connectivity index (χ4n) is 1.79. The fraction of sp³-hybridized carbons (Fsp3) is 0.643. The average Bonchev–Trinajstić information content (AvgIpc) is 2.73. The van der Waals surface area contributed by atoms with E-state index in [0.29, 0.717) is 13.1 Å². The number of nitrogens with one attached hydrogen (secondary N) is 2. The van der Waals surface area contributed by atoms with Gasteiger partial charge in [0.15, 0.2) is 0 Å². The Balaban J connectivity index is 2.58. The highest BCUT2D eigenvalue weighted by Crippen LogP contribution is 2.13. The van der Waals surface area contributed by atoms with E-state index >= 15 is 0 Å². The number of nitrogens with zero attached hydrogens (tertiary/aromatic N) is 2. The van der Waals surface area contributed by atoms with Crippen LogP contribution < -0.4 is 10.6 Å². The van der Waals surface area contributed by atoms with Crippen LogP contribution >= 0.6 is 0 Å². The van der Waals surface area contributed by atoms with Gasteiger partial charge in [-0.25, -0.2) is 9.78 Å². The number of carbonyl (C=O) groups is 2. The number of amides is 2. The summed E-state index contributed by atoms with van der Waals surface area (Å²) in [4.78, 5) is 26.7. The summed E-state index contributed by atoms with van der Waals surface area (Å²) in [5.41, 5.74) is 0.321. The summed E-state index contributed by atoms with van der Waals surface area (Å²) in [5, 5.41) is 5.49. The Hall–Kier alpha value is -2.05. The molecule has 118 valence electrons. The molecule has 1 rings (SSSR count). The van der Waals surface area contributed by atoms with Gasteiger partial charge in [-0.2, -0.15) is 0 Å². The predicted octanol–water partition coefficient (Wildman–Crippen LogP) is 1.60. The number of hydrogen-bond acceptors (Lipinski definition) is 4. The molecule has 0 bridgehead atoms. The van der Waals surface area contributed by atoms with Crippen LogP contribution in [-0.2, 0) is 16.1 Å². The van der Waals surface area contributed by atoms with E-state index in [4.69, 9.17) is 4.74 Å². The molecule has 1 unspecified atom stereocenters. The van der Waals surface area contributed by atoms with E-state index in [1.807, 2.05) is 32.3 Å². The normalized spacial score (nSPS) is 12.6. The summed E-state index contributed by atoms with van der Waals surface area (Å²) in [6.45, 7) is 9.88. The summed E-state index contributed by atoms with van der Waals surface area (Å²) >= 11 is 0. The summed E-state index contributed by atoms with van der Waals surface area (Å²) < 4.78 is 7.11. The lowest BCUT2D eigenvalue weighted by molar-refractivity contribution is -0.118. The van der Waals surface area contributed by atoms with Crippen molar-refractivity contribution in [3.05, 3.63) is 18.2 Å². The van der Waals surface area contributed by atoms with Crippen molar-refractivity contribution in [2.75, 3.05) is 6.54 Å². The Kier molecular flexibility index (Phi) is 5.75. The second-order valence-electron chi connectivity index (χ2n) is 5.86. The van der Waals surface area contributed by atoms with E-state index in [1.165, 1.54) is 6.92 Å². The maximum atomic E-state index is 11.8. The van der Waals surface area contributed by atoms with Gasteiger partial charge in [-0.15, -0.1) is 0 Å². The van der Waals surface area contributed by atoms with E-state index in [9.17, 15) is 9.59 Å². The molecule has 1 heterocycles. The van der Waals surface area contributed by atoms with E-state index in [2.05, 4.69) is 15.6 Å². The van der Waals surface area contributed by atoms with Crippen LogP contribution in [0.4, 0.5) is 4.79 Å². The maximum Gasteiger partial charge on any atom is 0.408 e. The van der Waals surface area contributed by atoms with Crippen molar-refractivity contribution in [3.8, 4) is 0 Å². The Morgan fingerprint density at radius 1 is 1.43 bits per heavy atom. The van der Waals surface area contributed by atoms with Crippen molar-refractivity contribution in [1.82, 2.24) is 20.2 Å². The first kappa shape index (κ1) is 17.0. The SMILES string of the molecule is CC(=O)NCCn1cncc1C(C)NC(=O)OC(C)(C)C. The van der Waals surface area contributed by atoms with Gasteiger partial charge in [0.2, 0.25) is 5.91 Å². The molecule has 21 heavy (non-hydrogen) atoms. The second kappa shape index (κ2) is 7.10. The molecule has 0 fully saturated rings. The first-order valence-electron chi connectivity index (χ1n) is 6.93. The molecule has 0 aromatic carbocycles. The quantitative estimate of drug-likeness (QED) is 0.864. The van der Waals surface area contributed by atoms with Gasteiger partial charge in [-0.05, 0) is 27.7 Å². The van der Waals surface area contributed by atoms with Crippen molar-refractivity contribution < 1.29 is 14.3 Å². The molecule has 0 saturated carbocycles. The van der Waals surface area contributed by atoms with E-state index in [-0.39, 0.29) is 11.9 Å². The molecule has 1 aromatic rings. The number of rotatable bonds is 5. The van der Waals surface area contributed by atoms with Crippen LogP contribution in [-0.4, -0.2) is 33.7 Å². The molecule has 0 spiro atoms. The van der Waals surface area contributed by atoms with E-state index in [1.54, 1.807) is 12.5 Å². The van der Waals surface area contributed by atoms with Crippen LogP contribution in [0, 0.1) is 0 Å². The average molecular weight is 296 g/mol.